The highest BCUT2D eigenvalue weighted by Gasteiger charge is 2.35. The van der Waals surface area contributed by atoms with Gasteiger partial charge in [0.1, 0.15) is 23.8 Å². The van der Waals surface area contributed by atoms with E-state index in [9.17, 15) is 9.18 Å². The second-order valence-electron chi connectivity index (χ2n) is 7.73. The van der Waals surface area contributed by atoms with Crippen molar-refractivity contribution in [1.82, 2.24) is 4.90 Å². The summed E-state index contributed by atoms with van der Waals surface area (Å²) >= 11 is 0. The molecule has 0 N–H and O–H groups in total. The normalized spacial score (nSPS) is 16.1. The fourth-order valence-electron chi connectivity index (χ4n) is 3.33. The van der Waals surface area contributed by atoms with E-state index in [1.165, 1.54) is 12.1 Å². The first-order chi connectivity index (χ1) is 13.3. The number of rotatable bonds is 3. The Morgan fingerprint density at radius 2 is 1.96 bits per heavy atom. The Balaban J connectivity index is 2.04. The molecule has 28 heavy (non-hydrogen) atoms. The van der Waals surface area contributed by atoms with Gasteiger partial charge in [0.25, 0.3) is 0 Å². The molecule has 2 aromatic rings. The lowest BCUT2D eigenvalue weighted by Crippen LogP contribution is -2.43. The first-order valence-corrected chi connectivity index (χ1v) is 9.22. The van der Waals surface area contributed by atoms with Crippen LogP contribution in [-0.4, -0.2) is 29.7 Å². The van der Waals surface area contributed by atoms with Crippen LogP contribution in [0, 0.1) is 18.2 Å². The largest absolute Gasteiger partial charge is 0.481 e. The third-order valence-corrected chi connectivity index (χ3v) is 4.48. The van der Waals surface area contributed by atoms with Crippen molar-refractivity contribution in [2.24, 2.45) is 0 Å². The maximum Gasteiger partial charge on any atom is 0.411 e. The van der Waals surface area contributed by atoms with Crippen LogP contribution in [0.4, 0.5) is 9.18 Å². The maximum absolute atomic E-state index is 13.5. The topological polar surface area (TPSA) is 38.8 Å². The van der Waals surface area contributed by atoms with Crippen LogP contribution in [0.1, 0.15) is 43.5 Å². The molecule has 4 nitrogen and oxygen atoms in total. The van der Waals surface area contributed by atoms with Crippen LogP contribution in [0.2, 0.25) is 0 Å². The fraction of sp³-hybridized carbons (Fsp3) is 0.348. The molecule has 1 amide bonds. The van der Waals surface area contributed by atoms with Crippen molar-refractivity contribution in [3.05, 3.63) is 65.0 Å². The van der Waals surface area contributed by atoms with Crippen LogP contribution in [0.15, 0.2) is 42.5 Å². The number of hydrogen-bond acceptors (Lipinski definition) is 3. The molecule has 1 aliphatic rings. The van der Waals surface area contributed by atoms with E-state index in [4.69, 9.17) is 15.9 Å². The zero-order chi connectivity index (χ0) is 20.3. The highest BCUT2D eigenvalue weighted by Crippen LogP contribution is 2.38. The van der Waals surface area contributed by atoms with E-state index in [2.05, 4.69) is 5.92 Å². The minimum atomic E-state index is -0.609. The van der Waals surface area contributed by atoms with Crippen molar-refractivity contribution in [3.63, 3.8) is 0 Å². The number of hydrogen-bond donors (Lipinski definition) is 0. The SMILES string of the molecule is C#CCOc1ccc2c(c1)[C@H](c1ccc(F)cc1)N(C(=O)OC(C)(C)C)CC2. The molecule has 0 fully saturated rings. The molecular formula is C23H24FNO3. The summed E-state index contributed by atoms with van der Waals surface area (Å²) in [6.45, 7) is 6.18. The Labute approximate surface area is 165 Å². The average Bonchev–Trinajstić information content (AvgIpc) is 2.64. The number of amides is 1. The van der Waals surface area contributed by atoms with E-state index in [0.29, 0.717) is 18.7 Å². The van der Waals surface area contributed by atoms with Crippen molar-refractivity contribution < 1.29 is 18.7 Å². The van der Waals surface area contributed by atoms with E-state index in [1.54, 1.807) is 17.0 Å². The molecule has 1 atom stereocenters. The Morgan fingerprint density at radius 1 is 1.25 bits per heavy atom. The lowest BCUT2D eigenvalue weighted by molar-refractivity contribution is 0.0178. The zero-order valence-corrected chi connectivity index (χ0v) is 16.4. The minimum Gasteiger partial charge on any atom is -0.481 e. The van der Waals surface area contributed by atoms with Gasteiger partial charge in [-0.1, -0.05) is 24.1 Å². The number of benzene rings is 2. The Kier molecular flexibility index (Phi) is 5.60. The van der Waals surface area contributed by atoms with Crippen molar-refractivity contribution in [1.29, 1.82) is 0 Å². The number of nitrogens with zero attached hydrogens (tertiary/aromatic N) is 1. The van der Waals surface area contributed by atoms with Crippen molar-refractivity contribution in [2.75, 3.05) is 13.2 Å². The number of carbonyl (C=O) groups is 1. The smallest absolute Gasteiger partial charge is 0.411 e. The van der Waals surface area contributed by atoms with E-state index in [1.807, 2.05) is 39.0 Å². The van der Waals surface area contributed by atoms with E-state index >= 15 is 0 Å². The van der Waals surface area contributed by atoms with Gasteiger partial charge in [0.15, 0.2) is 0 Å². The molecule has 0 bridgehead atoms. The van der Waals surface area contributed by atoms with Crippen LogP contribution in [0.3, 0.4) is 0 Å². The Hall–Kier alpha value is -3.00. The lowest BCUT2D eigenvalue weighted by atomic mass is 9.88. The molecule has 2 aromatic carbocycles. The van der Waals surface area contributed by atoms with Crippen LogP contribution in [0.25, 0.3) is 0 Å². The molecule has 0 saturated heterocycles. The third kappa shape index (κ3) is 4.45. The van der Waals surface area contributed by atoms with Gasteiger partial charge in [-0.25, -0.2) is 9.18 Å². The van der Waals surface area contributed by atoms with Crippen LogP contribution in [0.5, 0.6) is 5.75 Å². The highest BCUT2D eigenvalue weighted by atomic mass is 19.1. The van der Waals surface area contributed by atoms with Gasteiger partial charge in [-0.05, 0) is 68.1 Å². The molecule has 0 aliphatic carbocycles. The summed E-state index contributed by atoms with van der Waals surface area (Å²) in [5.74, 6) is 2.76. The molecule has 1 heterocycles. The summed E-state index contributed by atoms with van der Waals surface area (Å²) in [6.07, 6.45) is 5.58. The average molecular weight is 381 g/mol. The second kappa shape index (κ2) is 7.93. The van der Waals surface area contributed by atoms with Crippen LogP contribution in [-0.2, 0) is 11.2 Å². The summed E-state index contributed by atoms with van der Waals surface area (Å²) in [4.78, 5) is 14.6. The van der Waals surface area contributed by atoms with Crippen LogP contribution < -0.4 is 4.74 Å². The molecule has 0 aromatic heterocycles. The quantitative estimate of drug-likeness (QED) is 0.722. The van der Waals surface area contributed by atoms with Gasteiger partial charge in [-0.15, -0.1) is 6.42 Å². The lowest BCUT2D eigenvalue weighted by Gasteiger charge is -2.38. The van der Waals surface area contributed by atoms with Gasteiger partial charge in [0.2, 0.25) is 0 Å². The number of fused-ring (bicyclic) bond motifs is 1. The van der Waals surface area contributed by atoms with E-state index in [0.717, 1.165) is 16.7 Å². The van der Waals surface area contributed by atoms with Crippen molar-refractivity contribution in [3.8, 4) is 18.1 Å². The second-order valence-corrected chi connectivity index (χ2v) is 7.73. The highest BCUT2D eigenvalue weighted by molar-refractivity contribution is 5.70. The zero-order valence-electron chi connectivity index (χ0n) is 16.4. The van der Waals surface area contributed by atoms with Gasteiger partial charge >= 0.3 is 6.09 Å². The first kappa shape index (κ1) is 19.8. The van der Waals surface area contributed by atoms with E-state index < -0.39 is 17.7 Å². The third-order valence-electron chi connectivity index (χ3n) is 4.48. The molecule has 0 radical (unpaired) electrons. The molecule has 0 spiro atoms. The van der Waals surface area contributed by atoms with Gasteiger partial charge < -0.3 is 9.47 Å². The maximum atomic E-state index is 13.5. The summed E-state index contributed by atoms with van der Waals surface area (Å²) in [7, 11) is 0. The molecule has 0 saturated carbocycles. The van der Waals surface area contributed by atoms with Crippen molar-refractivity contribution >= 4 is 6.09 Å². The van der Waals surface area contributed by atoms with Gasteiger partial charge in [-0.3, -0.25) is 4.90 Å². The fourth-order valence-corrected chi connectivity index (χ4v) is 3.33. The predicted octanol–water partition coefficient (Wildman–Crippen LogP) is 4.72. The monoisotopic (exact) mass is 381 g/mol. The minimum absolute atomic E-state index is 0.162. The number of ether oxygens (including phenoxy) is 2. The molecule has 1 aliphatic heterocycles. The first-order valence-electron chi connectivity index (χ1n) is 9.22. The van der Waals surface area contributed by atoms with E-state index in [-0.39, 0.29) is 12.4 Å². The van der Waals surface area contributed by atoms with Crippen LogP contribution >= 0.6 is 0 Å². The summed E-state index contributed by atoms with van der Waals surface area (Å²) < 4.78 is 24.7. The number of terminal acetylenes is 1. The molecule has 146 valence electrons. The van der Waals surface area contributed by atoms with Gasteiger partial charge in [-0.2, -0.15) is 0 Å². The summed E-state index contributed by atoms with van der Waals surface area (Å²) in [5, 5.41) is 0. The summed E-state index contributed by atoms with van der Waals surface area (Å²) in [5.41, 5.74) is 2.24. The number of halogens is 1. The Bertz CT molecular complexity index is 894. The van der Waals surface area contributed by atoms with Gasteiger partial charge in [0.05, 0.1) is 6.04 Å². The number of carbonyl (C=O) groups excluding carboxylic acids is 1. The summed E-state index contributed by atoms with van der Waals surface area (Å²) in [6, 6.07) is 11.6. The van der Waals surface area contributed by atoms with Gasteiger partial charge in [0, 0.05) is 6.54 Å². The molecule has 5 heteroatoms. The molecule has 3 rings (SSSR count). The predicted molar refractivity (Wildman–Crippen MR) is 106 cm³/mol. The standard InChI is InChI=1S/C23H24FNO3/c1-5-14-27-19-11-8-16-12-13-25(22(26)28-23(2,3)4)21(20(16)15-19)17-6-9-18(24)10-7-17/h1,6-11,15,21H,12-14H2,2-4H3/t21-/m0/s1. The van der Waals surface area contributed by atoms with Crippen molar-refractivity contribution in [2.45, 2.75) is 38.8 Å². The molecular weight excluding hydrogens is 357 g/mol. The Morgan fingerprint density at radius 3 is 2.61 bits per heavy atom. The molecule has 0 unspecified atom stereocenters.